The summed E-state index contributed by atoms with van der Waals surface area (Å²) in [6.45, 7) is 7.97. The van der Waals surface area contributed by atoms with Crippen molar-refractivity contribution in [1.29, 1.82) is 0 Å². The number of nitrogens with one attached hydrogen (secondary N) is 3. The number of hydrogen-bond donors (Lipinski definition) is 3. The van der Waals surface area contributed by atoms with Crippen LogP contribution in [0.5, 0.6) is 5.75 Å². The van der Waals surface area contributed by atoms with Crippen molar-refractivity contribution in [3.63, 3.8) is 0 Å². The molecule has 0 spiro atoms. The Morgan fingerprint density at radius 3 is 2.41 bits per heavy atom. The van der Waals surface area contributed by atoms with Crippen molar-refractivity contribution in [3.8, 4) is 5.75 Å². The van der Waals surface area contributed by atoms with Crippen LogP contribution in [-0.4, -0.2) is 37.1 Å². The van der Waals surface area contributed by atoms with Crippen LogP contribution in [0.25, 0.3) is 0 Å². The summed E-state index contributed by atoms with van der Waals surface area (Å²) in [5, 5.41) is 9.16. The molecule has 0 aromatic heterocycles. The Morgan fingerprint density at radius 1 is 1.06 bits per heavy atom. The van der Waals surface area contributed by atoms with Crippen LogP contribution in [0, 0.1) is 20.8 Å². The minimum Gasteiger partial charge on any atom is -0.483 e. The summed E-state index contributed by atoms with van der Waals surface area (Å²) in [4.78, 5) is 35.7. The molecule has 8 nitrogen and oxygen atoms in total. The van der Waals surface area contributed by atoms with Crippen LogP contribution < -0.4 is 20.8 Å². The minimum absolute atomic E-state index is 0.207. The van der Waals surface area contributed by atoms with Gasteiger partial charge in [-0.1, -0.05) is 40.5 Å². The van der Waals surface area contributed by atoms with Gasteiger partial charge in [0.05, 0.1) is 6.21 Å². The van der Waals surface area contributed by atoms with Crippen molar-refractivity contribution < 1.29 is 19.1 Å². The van der Waals surface area contributed by atoms with Gasteiger partial charge in [-0.15, -0.1) is 0 Å². The van der Waals surface area contributed by atoms with E-state index in [1.807, 2.05) is 39.8 Å². The third-order valence-corrected chi connectivity index (χ3v) is 4.88. The predicted octanol–water partition coefficient (Wildman–Crippen LogP) is 3.37. The van der Waals surface area contributed by atoms with E-state index < -0.39 is 11.8 Å². The van der Waals surface area contributed by atoms with Gasteiger partial charge in [0.25, 0.3) is 5.91 Å². The molecule has 0 heterocycles. The highest BCUT2D eigenvalue weighted by atomic mass is 79.9. The molecule has 3 amide bonds. The number of ether oxygens (including phenoxy) is 1. The van der Waals surface area contributed by atoms with E-state index in [9.17, 15) is 14.4 Å². The molecule has 0 radical (unpaired) electrons. The van der Waals surface area contributed by atoms with Crippen LogP contribution in [0.15, 0.2) is 39.9 Å². The molecule has 2 aromatic carbocycles. The second-order valence-electron chi connectivity index (χ2n) is 7.25. The van der Waals surface area contributed by atoms with Gasteiger partial charge in [-0.2, -0.15) is 5.10 Å². The van der Waals surface area contributed by atoms with Gasteiger partial charge in [0.1, 0.15) is 5.75 Å². The van der Waals surface area contributed by atoms with E-state index in [1.165, 1.54) is 6.21 Å². The Balaban J connectivity index is 2.01. The topological polar surface area (TPSA) is 109 Å². The van der Waals surface area contributed by atoms with E-state index in [0.717, 1.165) is 33.3 Å². The van der Waals surface area contributed by atoms with E-state index in [-0.39, 0.29) is 12.5 Å². The minimum atomic E-state index is -0.865. The number of carbonyl (C=O) groups excluding carboxylic acids is 3. The quantitative estimate of drug-likeness (QED) is 0.292. The number of halogens is 1. The molecule has 0 unspecified atom stereocenters. The van der Waals surface area contributed by atoms with Crippen LogP contribution in [0.3, 0.4) is 0 Å². The molecule has 0 bridgehead atoms. The summed E-state index contributed by atoms with van der Waals surface area (Å²) in [6.07, 6.45) is 2.06. The average Bonchev–Trinajstić information content (AvgIpc) is 2.73. The third-order valence-electron chi connectivity index (χ3n) is 4.38. The monoisotopic (exact) mass is 502 g/mol. The summed E-state index contributed by atoms with van der Waals surface area (Å²) < 4.78 is 6.43. The number of rotatable bonds is 8. The molecule has 9 heteroatoms. The summed E-state index contributed by atoms with van der Waals surface area (Å²) in [5.74, 6) is -1.52. The number of nitrogens with zero attached hydrogens (tertiary/aromatic N) is 1. The second-order valence-corrected chi connectivity index (χ2v) is 8.16. The molecule has 0 fully saturated rings. The van der Waals surface area contributed by atoms with Crippen LogP contribution in [-0.2, 0) is 14.4 Å². The second kappa shape index (κ2) is 12.0. The largest absolute Gasteiger partial charge is 0.483 e. The van der Waals surface area contributed by atoms with Crippen LogP contribution in [0.2, 0.25) is 0 Å². The Kier molecular flexibility index (Phi) is 9.39. The lowest BCUT2D eigenvalue weighted by Gasteiger charge is -2.14. The molecule has 0 saturated heterocycles. The fourth-order valence-electron chi connectivity index (χ4n) is 2.98. The zero-order valence-electron chi connectivity index (χ0n) is 18.5. The van der Waals surface area contributed by atoms with Gasteiger partial charge >= 0.3 is 11.8 Å². The van der Waals surface area contributed by atoms with E-state index in [1.54, 1.807) is 18.2 Å². The van der Waals surface area contributed by atoms with Crippen molar-refractivity contribution >= 4 is 45.6 Å². The molecular weight excluding hydrogens is 476 g/mol. The Labute approximate surface area is 195 Å². The number of hydrazone groups is 1. The molecule has 0 aliphatic carbocycles. The first-order valence-corrected chi connectivity index (χ1v) is 10.9. The summed E-state index contributed by atoms with van der Waals surface area (Å²) in [6, 6.07) is 9.16. The van der Waals surface area contributed by atoms with Crippen LogP contribution in [0.1, 0.15) is 35.6 Å². The lowest BCUT2D eigenvalue weighted by atomic mass is 10.1. The fourth-order valence-corrected chi connectivity index (χ4v) is 3.36. The number of aryl methyl sites for hydroxylation is 3. The highest BCUT2D eigenvalue weighted by Crippen LogP contribution is 2.23. The standard InChI is InChI=1S/C23H27BrN4O4/c1-5-8-25-22(30)23(31)28-26-12-17-11-18(24)6-7-19(17)32-13-20(29)27-21-15(3)9-14(2)10-16(21)4/h6-7,9-12H,5,8,13H2,1-4H3,(H,25,30)(H,27,29)(H,28,31)/b26-12-. The molecule has 2 rings (SSSR count). The number of benzene rings is 2. The smallest absolute Gasteiger partial charge is 0.329 e. The van der Waals surface area contributed by atoms with Crippen LogP contribution in [0.4, 0.5) is 5.69 Å². The number of amides is 3. The zero-order chi connectivity index (χ0) is 23.7. The van der Waals surface area contributed by atoms with Gasteiger partial charge in [-0.25, -0.2) is 5.43 Å². The van der Waals surface area contributed by atoms with Gasteiger partial charge in [-0.05, 0) is 56.5 Å². The van der Waals surface area contributed by atoms with Gasteiger partial charge in [0.2, 0.25) is 0 Å². The van der Waals surface area contributed by atoms with E-state index in [0.29, 0.717) is 17.9 Å². The highest BCUT2D eigenvalue weighted by Gasteiger charge is 2.12. The van der Waals surface area contributed by atoms with Gasteiger partial charge < -0.3 is 15.4 Å². The van der Waals surface area contributed by atoms with Crippen molar-refractivity contribution in [3.05, 3.63) is 57.1 Å². The van der Waals surface area contributed by atoms with Crippen molar-refractivity contribution in [1.82, 2.24) is 10.7 Å². The molecular formula is C23H27BrN4O4. The lowest BCUT2D eigenvalue weighted by Crippen LogP contribution is -2.38. The van der Waals surface area contributed by atoms with Gasteiger partial charge in [0.15, 0.2) is 6.61 Å². The molecule has 2 aromatic rings. The number of carbonyl (C=O) groups is 3. The summed E-state index contributed by atoms with van der Waals surface area (Å²) in [7, 11) is 0. The average molecular weight is 503 g/mol. The molecule has 0 atom stereocenters. The Morgan fingerprint density at radius 2 is 1.75 bits per heavy atom. The molecule has 0 aliphatic heterocycles. The lowest BCUT2D eigenvalue weighted by molar-refractivity contribution is -0.139. The maximum Gasteiger partial charge on any atom is 0.329 e. The summed E-state index contributed by atoms with van der Waals surface area (Å²) in [5.41, 5.74) is 6.54. The molecule has 0 aliphatic rings. The molecule has 3 N–H and O–H groups in total. The predicted molar refractivity (Wildman–Crippen MR) is 128 cm³/mol. The third kappa shape index (κ3) is 7.49. The molecule has 0 saturated carbocycles. The maximum absolute atomic E-state index is 12.4. The maximum atomic E-state index is 12.4. The van der Waals surface area contributed by atoms with E-state index in [2.05, 4.69) is 37.1 Å². The summed E-state index contributed by atoms with van der Waals surface area (Å²) >= 11 is 3.37. The molecule has 170 valence electrons. The highest BCUT2D eigenvalue weighted by molar-refractivity contribution is 9.10. The first-order valence-electron chi connectivity index (χ1n) is 10.1. The van der Waals surface area contributed by atoms with Crippen molar-refractivity contribution in [2.24, 2.45) is 5.10 Å². The fraction of sp³-hybridized carbons (Fsp3) is 0.304. The first kappa shape index (κ1) is 25.1. The molecule has 32 heavy (non-hydrogen) atoms. The van der Waals surface area contributed by atoms with E-state index in [4.69, 9.17) is 4.74 Å². The van der Waals surface area contributed by atoms with Crippen molar-refractivity contribution in [2.45, 2.75) is 34.1 Å². The van der Waals surface area contributed by atoms with Crippen LogP contribution >= 0.6 is 15.9 Å². The number of anilines is 1. The Hall–Kier alpha value is -3.20. The number of hydrogen-bond acceptors (Lipinski definition) is 5. The Bertz CT molecular complexity index is 1010. The first-order chi connectivity index (χ1) is 15.2. The SMILES string of the molecule is CCCNC(=O)C(=O)N/N=C\c1cc(Br)ccc1OCC(=O)Nc1c(C)cc(C)cc1C. The van der Waals surface area contributed by atoms with Gasteiger partial charge in [-0.3, -0.25) is 14.4 Å². The van der Waals surface area contributed by atoms with Crippen molar-refractivity contribution in [2.75, 3.05) is 18.5 Å². The zero-order valence-corrected chi connectivity index (χ0v) is 20.1. The van der Waals surface area contributed by atoms with Gasteiger partial charge in [0, 0.05) is 22.3 Å². The normalized spacial score (nSPS) is 10.7. The van der Waals surface area contributed by atoms with E-state index >= 15 is 0 Å².